The molecule has 0 aromatic rings. The molecule has 0 aromatic carbocycles. The summed E-state index contributed by atoms with van der Waals surface area (Å²) >= 11 is 0. The highest BCUT2D eigenvalue weighted by molar-refractivity contribution is 6.05. The van der Waals surface area contributed by atoms with Crippen LogP contribution in [0.4, 0.5) is 0 Å². The molecule has 1 fully saturated rings. The first-order valence-electron chi connectivity index (χ1n) is 7.31. The molecule has 0 radical (unpaired) electrons. The number of esters is 2. The highest BCUT2D eigenvalue weighted by Crippen LogP contribution is 2.35. The molecule has 120 valence electrons. The van der Waals surface area contributed by atoms with E-state index in [1.165, 1.54) is 14.2 Å². The Balaban J connectivity index is 2.59. The SMILES string of the molecule is COC(=O)C1=C(C(=O)OC)[C@H](N2CCCC2=O)[C@@H](C)C=C1C. The smallest absolute Gasteiger partial charge is 0.338 e. The lowest BCUT2D eigenvalue weighted by Gasteiger charge is -2.36. The quantitative estimate of drug-likeness (QED) is 0.733. The number of carbonyl (C=O) groups is 3. The van der Waals surface area contributed by atoms with Crippen molar-refractivity contribution in [3.63, 3.8) is 0 Å². The van der Waals surface area contributed by atoms with Gasteiger partial charge in [0.1, 0.15) is 0 Å². The van der Waals surface area contributed by atoms with Crippen LogP contribution in [0.5, 0.6) is 0 Å². The maximum atomic E-state index is 12.3. The summed E-state index contributed by atoms with van der Waals surface area (Å²) in [4.78, 5) is 38.2. The highest BCUT2D eigenvalue weighted by atomic mass is 16.5. The fraction of sp³-hybridized carbons (Fsp3) is 0.562. The Bertz CT molecular complexity index is 575. The van der Waals surface area contributed by atoms with Gasteiger partial charge in [-0.3, -0.25) is 4.79 Å². The van der Waals surface area contributed by atoms with E-state index in [-0.39, 0.29) is 23.0 Å². The van der Waals surface area contributed by atoms with Gasteiger partial charge < -0.3 is 14.4 Å². The Labute approximate surface area is 129 Å². The molecule has 1 aliphatic heterocycles. The molecule has 2 aliphatic rings. The number of rotatable bonds is 3. The normalized spacial score (nSPS) is 25.2. The number of amides is 1. The molecule has 0 spiro atoms. The largest absolute Gasteiger partial charge is 0.466 e. The van der Waals surface area contributed by atoms with Crippen molar-refractivity contribution in [3.05, 3.63) is 22.8 Å². The van der Waals surface area contributed by atoms with Crippen molar-refractivity contribution in [2.45, 2.75) is 32.7 Å². The van der Waals surface area contributed by atoms with E-state index in [9.17, 15) is 14.4 Å². The first-order chi connectivity index (χ1) is 10.4. The summed E-state index contributed by atoms with van der Waals surface area (Å²) in [6, 6.07) is -0.486. The second-order valence-electron chi connectivity index (χ2n) is 5.62. The van der Waals surface area contributed by atoms with Gasteiger partial charge in [-0.25, -0.2) is 9.59 Å². The number of carbonyl (C=O) groups excluding carboxylic acids is 3. The third-order valence-corrected chi connectivity index (χ3v) is 4.21. The van der Waals surface area contributed by atoms with Crippen LogP contribution >= 0.6 is 0 Å². The van der Waals surface area contributed by atoms with Crippen molar-refractivity contribution in [2.75, 3.05) is 20.8 Å². The Morgan fingerprint density at radius 1 is 1.23 bits per heavy atom. The lowest BCUT2D eigenvalue weighted by atomic mass is 9.81. The van der Waals surface area contributed by atoms with E-state index < -0.39 is 18.0 Å². The number of hydrogen-bond donors (Lipinski definition) is 0. The van der Waals surface area contributed by atoms with Gasteiger partial charge in [0.15, 0.2) is 0 Å². The maximum absolute atomic E-state index is 12.3. The van der Waals surface area contributed by atoms with E-state index in [0.717, 1.165) is 6.42 Å². The number of hydrogen-bond acceptors (Lipinski definition) is 5. The third-order valence-electron chi connectivity index (χ3n) is 4.21. The monoisotopic (exact) mass is 307 g/mol. The van der Waals surface area contributed by atoms with Crippen LogP contribution in [0.2, 0.25) is 0 Å². The molecule has 2 rings (SSSR count). The summed E-state index contributed by atoms with van der Waals surface area (Å²) in [5, 5.41) is 0. The molecule has 1 heterocycles. The van der Waals surface area contributed by atoms with Gasteiger partial charge in [0.05, 0.1) is 31.4 Å². The van der Waals surface area contributed by atoms with Gasteiger partial charge in [0.25, 0.3) is 0 Å². The van der Waals surface area contributed by atoms with Crippen LogP contribution < -0.4 is 0 Å². The zero-order chi connectivity index (χ0) is 16.4. The van der Waals surface area contributed by atoms with E-state index in [1.54, 1.807) is 11.8 Å². The molecule has 1 amide bonds. The molecular weight excluding hydrogens is 286 g/mol. The molecule has 22 heavy (non-hydrogen) atoms. The van der Waals surface area contributed by atoms with Crippen LogP contribution in [0.15, 0.2) is 22.8 Å². The van der Waals surface area contributed by atoms with E-state index in [4.69, 9.17) is 9.47 Å². The van der Waals surface area contributed by atoms with Gasteiger partial charge in [-0.05, 0) is 24.8 Å². The van der Waals surface area contributed by atoms with Crippen molar-refractivity contribution < 1.29 is 23.9 Å². The van der Waals surface area contributed by atoms with E-state index in [0.29, 0.717) is 18.5 Å². The van der Waals surface area contributed by atoms with Crippen molar-refractivity contribution in [3.8, 4) is 0 Å². The first kappa shape index (κ1) is 16.3. The molecule has 1 aliphatic carbocycles. The summed E-state index contributed by atoms with van der Waals surface area (Å²) in [6.45, 7) is 4.26. The van der Waals surface area contributed by atoms with Gasteiger partial charge in [-0.1, -0.05) is 13.0 Å². The topological polar surface area (TPSA) is 72.9 Å². The average molecular weight is 307 g/mol. The zero-order valence-corrected chi connectivity index (χ0v) is 13.3. The van der Waals surface area contributed by atoms with E-state index in [2.05, 4.69) is 0 Å². The fourth-order valence-corrected chi connectivity index (χ4v) is 3.30. The minimum Gasteiger partial charge on any atom is -0.466 e. The minimum absolute atomic E-state index is 0.00424. The molecular formula is C16H21NO5. The predicted octanol–water partition coefficient (Wildman–Crippen LogP) is 1.22. The second kappa shape index (κ2) is 6.34. The Morgan fingerprint density at radius 2 is 1.86 bits per heavy atom. The van der Waals surface area contributed by atoms with Gasteiger partial charge in [0.2, 0.25) is 5.91 Å². The van der Waals surface area contributed by atoms with Crippen LogP contribution in [0, 0.1) is 5.92 Å². The van der Waals surface area contributed by atoms with Crippen molar-refractivity contribution in [1.82, 2.24) is 4.90 Å². The van der Waals surface area contributed by atoms with Crippen LogP contribution in [0.1, 0.15) is 26.7 Å². The summed E-state index contributed by atoms with van der Waals surface area (Å²) in [7, 11) is 2.54. The summed E-state index contributed by atoms with van der Waals surface area (Å²) in [5.74, 6) is -1.26. The van der Waals surface area contributed by atoms with Crippen molar-refractivity contribution in [2.24, 2.45) is 5.92 Å². The van der Waals surface area contributed by atoms with Gasteiger partial charge in [0, 0.05) is 13.0 Å². The van der Waals surface area contributed by atoms with Crippen LogP contribution in [0.25, 0.3) is 0 Å². The lowest BCUT2D eigenvalue weighted by molar-refractivity contribution is -0.141. The molecule has 0 bridgehead atoms. The summed E-state index contributed by atoms with van der Waals surface area (Å²) in [5.41, 5.74) is 1.09. The molecule has 2 atom stereocenters. The molecule has 0 unspecified atom stereocenters. The molecule has 0 saturated carbocycles. The second-order valence-corrected chi connectivity index (χ2v) is 5.62. The number of nitrogens with zero attached hydrogens (tertiary/aromatic N) is 1. The van der Waals surface area contributed by atoms with Crippen LogP contribution in [-0.2, 0) is 23.9 Å². The van der Waals surface area contributed by atoms with E-state index >= 15 is 0 Å². The van der Waals surface area contributed by atoms with Crippen LogP contribution in [-0.4, -0.2) is 49.6 Å². The lowest BCUT2D eigenvalue weighted by Crippen LogP contribution is -2.46. The average Bonchev–Trinajstić information content (AvgIpc) is 2.90. The van der Waals surface area contributed by atoms with Crippen molar-refractivity contribution in [1.29, 1.82) is 0 Å². The van der Waals surface area contributed by atoms with Gasteiger partial charge in [-0.2, -0.15) is 0 Å². The Hall–Kier alpha value is -2.11. The maximum Gasteiger partial charge on any atom is 0.338 e. The molecule has 0 aromatic heterocycles. The Morgan fingerprint density at radius 3 is 2.36 bits per heavy atom. The summed E-state index contributed by atoms with van der Waals surface area (Å²) in [6.07, 6.45) is 3.12. The standard InChI is InChI=1S/C16H21NO5/c1-9-8-10(2)14(17-7-5-6-11(17)18)13(16(20)22-4)12(9)15(19)21-3/h8,10,14H,5-7H2,1-4H3/t10-,14+/m0/s1. The summed E-state index contributed by atoms with van der Waals surface area (Å²) < 4.78 is 9.68. The molecule has 6 heteroatoms. The zero-order valence-electron chi connectivity index (χ0n) is 13.3. The number of likely N-dealkylation sites (tertiary alicyclic amines) is 1. The van der Waals surface area contributed by atoms with E-state index in [1.807, 2.05) is 13.0 Å². The molecule has 1 saturated heterocycles. The molecule has 0 N–H and O–H groups in total. The Kier molecular flexibility index (Phi) is 4.68. The predicted molar refractivity (Wildman–Crippen MR) is 78.7 cm³/mol. The van der Waals surface area contributed by atoms with Gasteiger partial charge >= 0.3 is 11.9 Å². The fourth-order valence-electron chi connectivity index (χ4n) is 3.30. The van der Waals surface area contributed by atoms with Gasteiger partial charge in [-0.15, -0.1) is 0 Å². The highest BCUT2D eigenvalue weighted by Gasteiger charge is 2.42. The van der Waals surface area contributed by atoms with Crippen molar-refractivity contribution >= 4 is 17.8 Å². The first-order valence-corrected chi connectivity index (χ1v) is 7.31. The number of methoxy groups -OCH3 is 2. The number of ether oxygens (including phenoxy) is 2. The van der Waals surface area contributed by atoms with Crippen LogP contribution in [0.3, 0.4) is 0 Å². The minimum atomic E-state index is -0.593. The molecule has 6 nitrogen and oxygen atoms in total. The third kappa shape index (κ3) is 2.65.